The highest BCUT2D eigenvalue weighted by molar-refractivity contribution is 6.82. The summed E-state index contributed by atoms with van der Waals surface area (Å²) in [4.78, 5) is 0. The van der Waals surface area contributed by atoms with Crippen molar-refractivity contribution in [2.24, 2.45) is 21.7 Å². The maximum absolute atomic E-state index is 14.7. The monoisotopic (exact) mass is 1910 g/mol. The second kappa shape index (κ2) is 37.5. The van der Waals surface area contributed by atoms with Crippen molar-refractivity contribution in [2.75, 3.05) is 12.5 Å². The van der Waals surface area contributed by atoms with Crippen LogP contribution in [0.15, 0.2) is 170 Å². The van der Waals surface area contributed by atoms with Gasteiger partial charge in [0.1, 0.15) is 31.1 Å². The number of hydrogen-bond acceptors (Lipinski definition) is 4. The fourth-order valence-corrected chi connectivity index (χ4v) is 27.3. The molecule has 0 atom stereocenters. The van der Waals surface area contributed by atoms with Gasteiger partial charge in [-0.2, -0.15) is 0 Å². The van der Waals surface area contributed by atoms with Crippen LogP contribution in [-0.4, -0.2) is 30.7 Å². The molecule has 0 radical (unpaired) electrons. The van der Waals surface area contributed by atoms with Crippen LogP contribution in [-0.2, 0) is 65.0 Å². The van der Waals surface area contributed by atoms with Crippen molar-refractivity contribution < 1.29 is 19.7 Å². The molecule has 0 aliphatic heterocycles. The average Bonchev–Trinajstić information content (AvgIpc) is 0.715. The molecule has 0 amide bonds. The number of hydrogen-bond donors (Lipinski definition) is 2. The minimum atomic E-state index is -2.91. The summed E-state index contributed by atoms with van der Waals surface area (Å²) >= 11 is 0. The molecule has 4 nitrogen and oxygen atoms in total. The third kappa shape index (κ3) is 24.1. The Morgan fingerprint density at radius 3 is 0.624 bits per heavy atom. The second-order valence-electron chi connectivity index (χ2n) is 60.0. The zero-order valence-corrected chi connectivity index (χ0v) is 98.8. The van der Waals surface area contributed by atoms with Crippen LogP contribution in [0.4, 0.5) is 0 Å². The van der Waals surface area contributed by atoms with E-state index in [1.807, 2.05) is 0 Å². The van der Waals surface area contributed by atoms with Crippen LogP contribution >= 0.6 is 0 Å². The molecule has 760 valence electrons. The quantitative estimate of drug-likeness (QED) is 0.0524. The summed E-state index contributed by atoms with van der Waals surface area (Å²) in [7, 11) is -2.91. The summed E-state index contributed by atoms with van der Waals surface area (Å²) in [6.07, 6.45) is 4.49. The number of aromatic hydroxyl groups is 2. The number of phenolic OH excluding ortho intramolecular Hbond substituents is 2. The summed E-state index contributed by atoms with van der Waals surface area (Å²) < 4.78 is 16.1. The SMILES string of the molecule is CC(C)[Si](COc1ccc(C(C)(C)CC(C)(C)C)cc1-c1cc(C(C)(C)CC(C)(C)C)cc(-c2c3ccc(C(C)(C)C)cc3c(-c3cc(C(C)(C)C)cc(C(C)(C)C)c3)c3cc(C(C)(C)C)ccc23)c1O)(COc1ccc(C(C)(C)CC(C)(C)C)cc1-c1cc(C(C)(C)CC(C)(C)C)cc(-c2c3ccc(C(C)(C)C)cc3c(-c3cc(C(C)(C)C)cc(C(C)(C)C)c3)c3cc(C(C)(C)C)ccc23)c1O)C(C)C. The third-order valence-corrected chi connectivity index (χ3v) is 37.2. The molecule has 0 heterocycles. The first-order chi connectivity index (χ1) is 63.8. The van der Waals surface area contributed by atoms with Crippen LogP contribution in [0.25, 0.3) is 110 Å². The molecule has 12 rings (SSSR count). The lowest BCUT2D eigenvalue weighted by Gasteiger charge is -2.39. The zero-order valence-electron chi connectivity index (χ0n) is 97.8. The Balaban J connectivity index is 1.14. The van der Waals surface area contributed by atoms with Crippen molar-refractivity contribution in [3.05, 3.63) is 237 Å². The smallest absolute Gasteiger partial charge is 0.146 e. The maximum atomic E-state index is 14.7. The molecule has 141 heavy (non-hydrogen) atoms. The Labute approximate surface area is 859 Å². The van der Waals surface area contributed by atoms with Crippen LogP contribution in [0.1, 0.15) is 425 Å². The van der Waals surface area contributed by atoms with E-state index in [4.69, 9.17) is 9.47 Å². The van der Waals surface area contributed by atoms with Crippen molar-refractivity contribution in [3.8, 4) is 89.8 Å². The summed E-state index contributed by atoms with van der Waals surface area (Å²) in [5, 5.41) is 38.5. The van der Waals surface area contributed by atoms with Gasteiger partial charge in [-0.05, 0) is 328 Å². The van der Waals surface area contributed by atoms with Crippen molar-refractivity contribution in [1.29, 1.82) is 0 Å². The van der Waals surface area contributed by atoms with E-state index in [2.05, 4.69) is 502 Å². The minimum absolute atomic E-state index is 0.00251. The summed E-state index contributed by atoms with van der Waals surface area (Å²) in [6, 6.07) is 67.3. The standard InChI is InChI=1S/C136H188O4Si/c1-83(2)141(84(3)4,81-139-113-59-53-91(133(41,42)77-121(5,6)7)71-103(113)109-73-97(135(45,46)79-123(11,12)13)75-111(119(109)137)117-99-55-49-87(125(17,18)19)67-105(99)115(106-68-88(126(20,21)22)50-56-100(106)117)85-61-93(129(29,30)31)65-94(62-85)130(32,33)34)82-140-114-60-54-92(134(43,44)78-122(8,9)10)72-104(114)110-74-98(136(47,48)80-124(14,15)16)76-112(120(110)138)118-101-57-51-89(127(23,24)25)69-107(101)116(108-70-90(128(26,27)28)52-58-102(108)118)86-63-95(131(35,36)37)66-96(64-86)132(38,39)40/h49-76,83-84,137-138H,77-82H2,1-48H3. The number of rotatable bonds is 22. The van der Waals surface area contributed by atoms with E-state index in [9.17, 15) is 10.2 Å². The zero-order chi connectivity index (χ0) is 106. The number of benzene rings is 12. The van der Waals surface area contributed by atoms with Gasteiger partial charge in [0.05, 0.1) is 12.5 Å². The molecule has 0 aromatic heterocycles. The molecule has 0 fully saturated rings. The van der Waals surface area contributed by atoms with Gasteiger partial charge in [0.2, 0.25) is 0 Å². The van der Waals surface area contributed by atoms with Gasteiger partial charge in [-0.15, -0.1) is 0 Å². The van der Waals surface area contributed by atoms with Crippen molar-refractivity contribution in [2.45, 2.75) is 434 Å². The van der Waals surface area contributed by atoms with E-state index in [-0.39, 0.29) is 109 Å². The van der Waals surface area contributed by atoms with Gasteiger partial charge in [0, 0.05) is 44.5 Å². The first-order valence-electron chi connectivity index (χ1n) is 53.6. The first-order valence-corrected chi connectivity index (χ1v) is 56.1. The van der Waals surface area contributed by atoms with Crippen LogP contribution < -0.4 is 9.47 Å². The molecular formula is C136H188O4Si. The normalized spacial score (nSPS) is 14.0. The van der Waals surface area contributed by atoms with E-state index < -0.39 is 8.07 Å². The Hall–Kier alpha value is -8.90. The van der Waals surface area contributed by atoms with Crippen molar-refractivity contribution in [3.63, 3.8) is 0 Å². The van der Waals surface area contributed by atoms with Gasteiger partial charge >= 0.3 is 0 Å². The summed E-state index contributed by atoms with van der Waals surface area (Å²) in [6.45, 7) is 114. The minimum Gasteiger partial charge on any atom is -0.507 e. The van der Waals surface area contributed by atoms with Crippen LogP contribution in [0.5, 0.6) is 23.0 Å². The van der Waals surface area contributed by atoms with Crippen LogP contribution in [0.3, 0.4) is 0 Å². The lowest BCUT2D eigenvalue weighted by atomic mass is 9.70. The fraction of sp³-hybridized carbons (Fsp3) is 0.529. The number of fused-ring (bicyclic) bond motifs is 4. The number of ether oxygens (including phenoxy) is 2. The molecule has 2 N–H and O–H groups in total. The molecular weight excluding hydrogens is 1730 g/mol. The van der Waals surface area contributed by atoms with Gasteiger partial charge < -0.3 is 19.7 Å². The molecule has 0 aliphatic carbocycles. The molecule has 5 heteroatoms. The highest BCUT2D eigenvalue weighted by Gasteiger charge is 2.45. The summed E-state index contributed by atoms with van der Waals surface area (Å²) in [5.74, 6) is 1.95. The Morgan fingerprint density at radius 1 is 0.206 bits per heavy atom. The van der Waals surface area contributed by atoms with Gasteiger partial charge in [-0.1, -0.05) is 429 Å². The molecule has 0 saturated heterocycles. The van der Waals surface area contributed by atoms with Crippen molar-refractivity contribution in [1.82, 2.24) is 0 Å². The molecule has 0 bridgehead atoms. The second-order valence-corrected chi connectivity index (χ2v) is 65.4. The van der Waals surface area contributed by atoms with E-state index in [1.54, 1.807) is 0 Å². The van der Waals surface area contributed by atoms with E-state index in [0.717, 1.165) is 114 Å². The third-order valence-electron chi connectivity index (χ3n) is 31.2. The molecule has 0 saturated carbocycles. The largest absolute Gasteiger partial charge is 0.507 e. The molecule has 0 spiro atoms. The van der Waals surface area contributed by atoms with Crippen molar-refractivity contribution >= 4 is 51.2 Å². The lowest BCUT2D eigenvalue weighted by Crippen LogP contribution is -2.53. The van der Waals surface area contributed by atoms with E-state index in [1.165, 1.54) is 99.4 Å². The van der Waals surface area contributed by atoms with Gasteiger partial charge in [0.15, 0.2) is 0 Å². The first kappa shape index (κ1) is 111. The van der Waals surface area contributed by atoms with Crippen LogP contribution in [0, 0.1) is 21.7 Å². The topological polar surface area (TPSA) is 58.9 Å². The van der Waals surface area contributed by atoms with Gasteiger partial charge in [-0.3, -0.25) is 0 Å². The van der Waals surface area contributed by atoms with E-state index >= 15 is 0 Å². The predicted molar refractivity (Wildman–Crippen MR) is 624 cm³/mol. The Morgan fingerprint density at radius 2 is 0.411 bits per heavy atom. The molecule has 0 unspecified atom stereocenters. The fourth-order valence-electron chi connectivity index (χ4n) is 23.7. The van der Waals surface area contributed by atoms with Crippen LogP contribution in [0.2, 0.25) is 11.1 Å². The molecule has 12 aromatic rings. The van der Waals surface area contributed by atoms with E-state index in [0.29, 0.717) is 12.5 Å². The number of phenols is 2. The maximum Gasteiger partial charge on any atom is 0.146 e. The highest BCUT2D eigenvalue weighted by atomic mass is 28.3. The van der Waals surface area contributed by atoms with Gasteiger partial charge in [-0.25, -0.2) is 0 Å². The molecule has 12 aromatic carbocycles. The Kier molecular flexibility index (Phi) is 29.5. The predicted octanol–water partition coefficient (Wildman–Crippen LogP) is 40.8. The molecule has 0 aliphatic rings. The Bertz CT molecular complexity index is 6080. The lowest BCUT2D eigenvalue weighted by molar-refractivity contribution is 0.283. The average molecular weight is 1920 g/mol. The van der Waals surface area contributed by atoms with Gasteiger partial charge in [0.25, 0.3) is 0 Å². The highest BCUT2D eigenvalue weighted by Crippen LogP contribution is 2.59. The summed E-state index contributed by atoms with van der Waals surface area (Å²) in [5.41, 5.74) is 24.4.